The molecule has 0 heterocycles. The second kappa shape index (κ2) is 6.66. The van der Waals surface area contributed by atoms with E-state index in [9.17, 15) is 5.11 Å². The molecule has 100 valence electrons. The zero-order chi connectivity index (χ0) is 13.7. The van der Waals surface area contributed by atoms with Crippen LogP contribution >= 0.6 is 11.8 Å². The maximum atomic E-state index is 9.43. The third-order valence-electron chi connectivity index (χ3n) is 2.75. The highest BCUT2D eigenvalue weighted by Crippen LogP contribution is 2.24. The lowest BCUT2D eigenvalue weighted by Gasteiger charge is -2.15. The highest BCUT2D eigenvalue weighted by atomic mass is 32.2. The normalized spacial score (nSPS) is 14.0. The third-order valence-corrected chi connectivity index (χ3v) is 4.17. The van der Waals surface area contributed by atoms with Crippen LogP contribution in [0.1, 0.15) is 25.0 Å². The molecule has 0 spiro atoms. The monoisotopic (exact) mass is 268 g/mol. The Labute approximate surface area is 112 Å². The molecular weight excluding hydrogens is 248 g/mol. The Morgan fingerprint density at radius 1 is 1.50 bits per heavy atom. The van der Waals surface area contributed by atoms with Crippen LogP contribution in [-0.4, -0.2) is 29.4 Å². The highest BCUT2D eigenvalue weighted by molar-refractivity contribution is 7.99. The number of nitrogens with one attached hydrogen (secondary N) is 1. The highest BCUT2D eigenvalue weighted by Gasteiger charge is 2.11. The molecule has 0 bridgehead atoms. The minimum Gasteiger partial charge on any atom is -0.496 e. The number of benzene rings is 1. The summed E-state index contributed by atoms with van der Waals surface area (Å²) in [5, 5.41) is 17.1. The topological polar surface area (TPSA) is 79.3 Å². The van der Waals surface area contributed by atoms with Crippen LogP contribution in [0.5, 0.6) is 5.75 Å². The zero-order valence-electron chi connectivity index (χ0n) is 10.9. The second-order valence-corrected chi connectivity index (χ2v) is 5.57. The fraction of sp³-hybridized carbons (Fsp3) is 0.462. The van der Waals surface area contributed by atoms with Crippen molar-refractivity contribution >= 4 is 17.6 Å². The smallest absolute Gasteiger partial charge is 0.129 e. The van der Waals surface area contributed by atoms with E-state index in [0.29, 0.717) is 11.3 Å². The molecule has 18 heavy (non-hydrogen) atoms. The average Bonchev–Trinajstić information content (AvgIpc) is 2.35. The predicted molar refractivity (Wildman–Crippen MR) is 76.4 cm³/mol. The van der Waals surface area contributed by atoms with Crippen molar-refractivity contribution in [2.75, 3.05) is 7.11 Å². The Bertz CT molecular complexity index is 421. The third kappa shape index (κ3) is 3.92. The van der Waals surface area contributed by atoms with Gasteiger partial charge < -0.3 is 15.6 Å². The number of nitrogen functional groups attached to an aromatic ring is 1. The van der Waals surface area contributed by atoms with Crippen LogP contribution in [0.25, 0.3) is 0 Å². The van der Waals surface area contributed by atoms with Crippen molar-refractivity contribution < 1.29 is 9.84 Å². The first kappa shape index (κ1) is 14.9. The number of rotatable bonds is 6. The van der Waals surface area contributed by atoms with E-state index in [2.05, 4.69) is 0 Å². The summed E-state index contributed by atoms with van der Waals surface area (Å²) in [6.45, 7) is 3.78. The van der Waals surface area contributed by atoms with Crippen molar-refractivity contribution in [3.63, 3.8) is 0 Å². The number of amidine groups is 1. The first-order valence-electron chi connectivity index (χ1n) is 5.76. The second-order valence-electron chi connectivity index (χ2n) is 4.21. The molecule has 0 amide bonds. The molecule has 1 aromatic carbocycles. The molecule has 0 aliphatic rings. The van der Waals surface area contributed by atoms with E-state index in [1.807, 2.05) is 25.1 Å². The maximum absolute atomic E-state index is 9.43. The van der Waals surface area contributed by atoms with Crippen molar-refractivity contribution in [2.24, 2.45) is 5.73 Å². The van der Waals surface area contributed by atoms with E-state index in [0.717, 1.165) is 11.3 Å². The Kier molecular flexibility index (Phi) is 5.50. The predicted octanol–water partition coefficient (Wildman–Crippen LogP) is 1.98. The summed E-state index contributed by atoms with van der Waals surface area (Å²) in [5.41, 5.74) is 7.20. The Morgan fingerprint density at radius 3 is 2.67 bits per heavy atom. The molecule has 1 rings (SSSR count). The number of thioether (sulfide) groups is 1. The van der Waals surface area contributed by atoms with Crippen molar-refractivity contribution in [1.82, 2.24) is 0 Å². The molecule has 5 heteroatoms. The molecule has 4 N–H and O–H groups in total. The van der Waals surface area contributed by atoms with Gasteiger partial charge in [0, 0.05) is 11.0 Å². The van der Waals surface area contributed by atoms with E-state index in [-0.39, 0.29) is 17.2 Å². The fourth-order valence-electron chi connectivity index (χ4n) is 1.42. The standard InChI is InChI=1S/C13H20N2O2S/c1-8(16)9(2)18-7-10-4-5-12(17-3)11(6-10)13(14)15/h4-6,8-9,16H,7H2,1-3H3,(H3,14,15). The van der Waals surface area contributed by atoms with Crippen LogP contribution < -0.4 is 10.5 Å². The van der Waals surface area contributed by atoms with Gasteiger partial charge in [0.15, 0.2) is 0 Å². The largest absolute Gasteiger partial charge is 0.496 e. The van der Waals surface area contributed by atoms with E-state index >= 15 is 0 Å². The van der Waals surface area contributed by atoms with Gasteiger partial charge in [-0.05, 0) is 24.6 Å². The van der Waals surface area contributed by atoms with Crippen LogP contribution in [0.4, 0.5) is 0 Å². The molecule has 0 aliphatic carbocycles. The number of aliphatic hydroxyl groups is 1. The molecule has 0 aliphatic heterocycles. The molecule has 2 unspecified atom stereocenters. The quantitative estimate of drug-likeness (QED) is 0.544. The minimum atomic E-state index is -0.333. The minimum absolute atomic E-state index is 0.00211. The van der Waals surface area contributed by atoms with E-state index in [4.69, 9.17) is 15.9 Å². The molecule has 0 saturated carbocycles. The lowest BCUT2D eigenvalue weighted by atomic mass is 10.1. The first-order valence-corrected chi connectivity index (χ1v) is 6.81. The molecule has 4 nitrogen and oxygen atoms in total. The average molecular weight is 268 g/mol. The van der Waals surface area contributed by atoms with Crippen LogP contribution in [0.15, 0.2) is 18.2 Å². The van der Waals surface area contributed by atoms with E-state index < -0.39 is 0 Å². The van der Waals surface area contributed by atoms with Gasteiger partial charge in [-0.3, -0.25) is 5.41 Å². The number of methoxy groups -OCH3 is 1. The van der Waals surface area contributed by atoms with Crippen LogP contribution in [0.2, 0.25) is 0 Å². The van der Waals surface area contributed by atoms with E-state index in [1.165, 1.54) is 0 Å². The molecule has 0 aromatic heterocycles. The van der Waals surface area contributed by atoms with Gasteiger partial charge >= 0.3 is 0 Å². The molecule has 2 atom stereocenters. The number of nitrogens with two attached hydrogens (primary N) is 1. The first-order chi connectivity index (χ1) is 8.45. The van der Waals surface area contributed by atoms with Crippen LogP contribution in [0, 0.1) is 5.41 Å². The molecular formula is C13H20N2O2S. The number of hydrogen-bond donors (Lipinski definition) is 3. The summed E-state index contributed by atoms with van der Waals surface area (Å²) >= 11 is 1.67. The summed E-state index contributed by atoms with van der Waals surface area (Å²) in [6.07, 6.45) is -0.333. The molecule has 1 aromatic rings. The van der Waals surface area contributed by atoms with Crippen molar-refractivity contribution in [1.29, 1.82) is 5.41 Å². The SMILES string of the molecule is COc1ccc(CSC(C)C(C)O)cc1C(=N)N. The Hall–Kier alpha value is -1.20. The molecule has 0 fully saturated rings. The number of ether oxygens (including phenoxy) is 1. The zero-order valence-corrected chi connectivity index (χ0v) is 11.8. The summed E-state index contributed by atoms with van der Waals surface area (Å²) < 4.78 is 5.16. The molecule has 0 radical (unpaired) electrons. The summed E-state index contributed by atoms with van der Waals surface area (Å²) in [6, 6.07) is 5.63. The van der Waals surface area contributed by atoms with E-state index in [1.54, 1.807) is 25.8 Å². The van der Waals surface area contributed by atoms with Gasteiger partial charge in [-0.2, -0.15) is 11.8 Å². The lowest BCUT2D eigenvalue weighted by Crippen LogP contribution is -2.15. The number of aliphatic hydroxyl groups excluding tert-OH is 1. The fourth-order valence-corrected chi connectivity index (χ4v) is 2.34. The Morgan fingerprint density at radius 2 is 2.17 bits per heavy atom. The van der Waals surface area contributed by atoms with Gasteiger partial charge in [0.2, 0.25) is 0 Å². The van der Waals surface area contributed by atoms with Gasteiger partial charge in [-0.25, -0.2) is 0 Å². The van der Waals surface area contributed by atoms with Crippen LogP contribution in [-0.2, 0) is 5.75 Å². The van der Waals surface area contributed by atoms with Gasteiger partial charge in [0.1, 0.15) is 11.6 Å². The lowest BCUT2D eigenvalue weighted by molar-refractivity contribution is 0.196. The van der Waals surface area contributed by atoms with Gasteiger partial charge in [0.05, 0.1) is 18.8 Å². The Balaban J connectivity index is 2.79. The van der Waals surface area contributed by atoms with Crippen LogP contribution in [0.3, 0.4) is 0 Å². The summed E-state index contributed by atoms with van der Waals surface area (Å²) in [4.78, 5) is 0. The number of hydrogen-bond acceptors (Lipinski definition) is 4. The van der Waals surface area contributed by atoms with Crippen molar-refractivity contribution in [2.45, 2.75) is 31.0 Å². The maximum Gasteiger partial charge on any atom is 0.129 e. The molecule has 0 saturated heterocycles. The van der Waals surface area contributed by atoms with Gasteiger partial charge in [-0.1, -0.05) is 13.0 Å². The van der Waals surface area contributed by atoms with Crippen molar-refractivity contribution in [3.05, 3.63) is 29.3 Å². The van der Waals surface area contributed by atoms with Crippen molar-refractivity contribution in [3.8, 4) is 5.75 Å². The van der Waals surface area contributed by atoms with Gasteiger partial charge in [-0.15, -0.1) is 0 Å². The summed E-state index contributed by atoms with van der Waals surface area (Å²) in [7, 11) is 1.56. The summed E-state index contributed by atoms with van der Waals surface area (Å²) in [5.74, 6) is 1.39. The van der Waals surface area contributed by atoms with Gasteiger partial charge in [0.25, 0.3) is 0 Å².